The van der Waals surface area contributed by atoms with E-state index in [1.807, 2.05) is 36.5 Å². The molecule has 1 aromatic carbocycles. The molecule has 0 bridgehead atoms. The fourth-order valence-corrected chi connectivity index (χ4v) is 3.03. The molecule has 3 rings (SSSR count). The van der Waals surface area contributed by atoms with E-state index in [0.717, 1.165) is 11.3 Å². The Bertz CT molecular complexity index is 704. The number of amides is 3. The first-order valence-electron chi connectivity index (χ1n) is 8.50. The van der Waals surface area contributed by atoms with Crippen LogP contribution in [0.2, 0.25) is 0 Å². The van der Waals surface area contributed by atoms with Crippen LogP contribution in [0, 0.1) is 5.92 Å². The summed E-state index contributed by atoms with van der Waals surface area (Å²) in [6, 6.07) is 9.71. The van der Waals surface area contributed by atoms with Crippen LogP contribution in [0.1, 0.15) is 18.4 Å². The number of hydrogen-bond donors (Lipinski definition) is 2. The number of piperidine rings is 1. The highest BCUT2D eigenvalue weighted by atomic mass is 16.2. The van der Waals surface area contributed by atoms with E-state index in [1.165, 1.54) is 0 Å². The number of aromatic nitrogens is 2. The fraction of sp³-hybridized carbons (Fsp3) is 0.389. The Balaban J connectivity index is 1.47. The van der Waals surface area contributed by atoms with E-state index >= 15 is 0 Å². The normalized spacial score (nSPS) is 15.0. The van der Waals surface area contributed by atoms with E-state index in [4.69, 9.17) is 0 Å². The van der Waals surface area contributed by atoms with Crippen molar-refractivity contribution in [2.75, 3.05) is 20.1 Å². The van der Waals surface area contributed by atoms with Gasteiger partial charge < -0.3 is 15.5 Å². The molecule has 0 atom stereocenters. The number of carbonyl (C=O) groups is 2. The molecule has 3 amide bonds. The fourth-order valence-electron chi connectivity index (χ4n) is 3.03. The summed E-state index contributed by atoms with van der Waals surface area (Å²) in [5.41, 5.74) is 2.01. The molecule has 1 aliphatic heterocycles. The van der Waals surface area contributed by atoms with Crippen LogP contribution in [0.25, 0.3) is 5.69 Å². The minimum absolute atomic E-state index is 0.0175. The summed E-state index contributed by atoms with van der Waals surface area (Å²) >= 11 is 0. The number of benzene rings is 1. The molecule has 7 nitrogen and oxygen atoms in total. The lowest BCUT2D eigenvalue weighted by atomic mass is 9.96. The molecule has 1 saturated heterocycles. The van der Waals surface area contributed by atoms with Crippen LogP contribution < -0.4 is 10.6 Å². The van der Waals surface area contributed by atoms with Crippen LogP contribution in [0.3, 0.4) is 0 Å². The van der Waals surface area contributed by atoms with Crippen molar-refractivity contribution >= 4 is 11.9 Å². The van der Waals surface area contributed by atoms with Crippen LogP contribution in [-0.2, 0) is 11.3 Å². The molecule has 0 spiro atoms. The predicted molar refractivity (Wildman–Crippen MR) is 94.2 cm³/mol. The maximum atomic E-state index is 12.3. The van der Waals surface area contributed by atoms with Crippen molar-refractivity contribution in [3.8, 4) is 5.69 Å². The number of hydrogen-bond acceptors (Lipinski definition) is 3. The molecule has 0 radical (unpaired) electrons. The van der Waals surface area contributed by atoms with Crippen molar-refractivity contribution in [1.82, 2.24) is 25.3 Å². The average Bonchev–Trinajstić information content (AvgIpc) is 3.21. The van der Waals surface area contributed by atoms with Crippen molar-refractivity contribution in [3.05, 3.63) is 48.3 Å². The van der Waals surface area contributed by atoms with Crippen molar-refractivity contribution in [2.45, 2.75) is 19.4 Å². The van der Waals surface area contributed by atoms with Crippen molar-refractivity contribution in [2.24, 2.45) is 5.92 Å². The van der Waals surface area contributed by atoms with E-state index in [1.54, 1.807) is 22.8 Å². The van der Waals surface area contributed by atoms with Crippen molar-refractivity contribution < 1.29 is 9.59 Å². The molecule has 25 heavy (non-hydrogen) atoms. The Hall–Kier alpha value is -2.83. The number of likely N-dealkylation sites (tertiary alicyclic amines) is 1. The first-order valence-corrected chi connectivity index (χ1v) is 8.50. The molecule has 0 aliphatic carbocycles. The van der Waals surface area contributed by atoms with E-state index in [9.17, 15) is 9.59 Å². The minimum atomic E-state index is -0.0773. The van der Waals surface area contributed by atoms with Gasteiger partial charge in [-0.15, -0.1) is 0 Å². The molecule has 7 heteroatoms. The molecular formula is C18H23N5O2. The average molecular weight is 341 g/mol. The predicted octanol–water partition coefficient (Wildman–Crippen LogP) is 1.54. The molecule has 1 aliphatic rings. The van der Waals surface area contributed by atoms with Crippen LogP contribution in [0.5, 0.6) is 0 Å². The Labute approximate surface area is 147 Å². The highest BCUT2D eigenvalue weighted by Gasteiger charge is 2.26. The maximum Gasteiger partial charge on any atom is 0.317 e. The van der Waals surface area contributed by atoms with Crippen LogP contribution in [0.4, 0.5) is 4.79 Å². The quantitative estimate of drug-likeness (QED) is 0.885. The molecule has 0 unspecified atom stereocenters. The van der Waals surface area contributed by atoms with Gasteiger partial charge in [-0.05, 0) is 36.6 Å². The van der Waals surface area contributed by atoms with Gasteiger partial charge in [0.05, 0.1) is 5.69 Å². The van der Waals surface area contributed by atoms with Crippen LogP contribution in [-0.4, -0.2) is 46.8 Å². The molecule has 2 heterocycles. The molecule has 132 valence electrons. The highest BCUT2D eigenvalue weighted by Crippen LogP contribution is 2.17. The Morgan fingerprint density at radius 2 is 1.92 bits per heavy atom. The van der Waals surface area contributed by atoms with Gasteiger partial charge in [0.1, 0.15) is 0 Å². The van der Waals surface area contributed by atoms with E-state index < -0.39 is 0 Å². The summed E-state index contributed by atoms with van der Waals surface area (Å²) in [5.74, 6) is 0.0845. The minimum Gasteiger partial charge on any atom is -0.359 e. The monoisotopic (exact) mass is 341 g/mol. The van der Waals surface area contributed by atoms with Crippen molar-refractivity contribution in [3.63, 3.8) is 0 Å². The topological polar surface area (TPSA) is 79.3 Å². The summed E-state index contributed by atoms with van der Waals surface area (Å²) in [5, 5.41) is 9.81. The Morgan fingerprint density at radius 3 is 2.52 bits per heavy atom. The van der Waals surface area contributed by atoms with Gasteiger partial charge in [0.25, 0.3) is 0 Å². The first kappa shape index (κ1) is 17.0. The zero-order valence-corrected chi connectivity index (χ0v) is 14.3. The van der Waals surface area contributed by atoms with E-state index in [-0.39, 0.29) is 17.9 Å². The SMILES string of the molecule is CNC(=O)C1CCN(C(=O)NCc2ccc(-n3cccn3)cc2)CC1. The third-order valence-corrected chi connectivity index (χ3v) is 4.55. The van der Waals surface area contributed by atoms with E-state index in [0.29, 0.717) is 32.5 Å². The summed E-state index contributed by atoms with van der Waals surface area (Å²) in [6.45, 7) is 1.71. The Morgan fingerprint density at radius 1 is 1.20 bits per heavy atom. The van der Waals surface area contributed by atoms with Gasteiger partial charge >= 0.3 is 6.03 Å². The second-order valence-corrected chi connectivity index (χ2v) is 6.15. The molecule has 1 fully saturated rings. The lowest BCUT2D eigenvalue weighted by Gasteiger charge is -2.31. The molecular weight excluding hydrogens is 318 g/mol. The number of urea groups is 1. The second-order valence-electron chi connectivity index (χ2n) is 6.15. The van der Waals surface area contributed by atoms with E-state index in [2.05, 4.69) is 15.7 Å². The van der Waals surface area contributed by atoms with Gasteiger partial charge in [-0.2, -0.15) is 5.10 Å². The lowest BCUT2D eigenvalue weighted by molar-refractivity contribution is -0.125. The first-order chi connectivity index (χ1) is 12.2. The maximum absolute atomic E-state index is 12.3. The van der Waals surface area contributed by atoms with Gasteiger partial charge in [0.2, 0.25) is 5.91 Å². The smallest absolute Gasteiger partial charge is 0.317 e. The number of nitrogens with zero attached hydrogens (tertiary/aromatic N) is 3. The third-order valence-electron chi connectivity index (χ3n) is 4.55. The molecule has 2 aromatic rings. The Kier molecular flexibility index (Phi) is 5.33. The third kappa shape index (κ3) is 4.17. The zero-order chi connectivity index (χ0) is 17.6. The van der Waals surface area contributed by atoms with Crippen LogP contribution in [0.15, 0.2) is 42.7 Å². The second kappa shape index (κ2) is 7.83. The largest absolute Gasteiger partial charge is 0.359 e. The van der Waals surface area contributed by atoms with Crippen LogP contribution >= 0.6 is 0 Å². The highest BCUT2D eigenvalue weighted by molar-refractivity contribution is 5.79. The number of carbonyl (C=O) groups excluding carboxylic acids is 2. The summed E-state index contributed by atoms with van der Waals surface area (Å²) < 4.78 is 1.79. The molecule has 0 saturated carbocycles. The van der Waals surface area contributed by atoms with Gasteiger partial charge in [-0.1, -0.05) is 12.1 Å². The standard InChI is InChI=1S/C18H23N5O2/c1-19-17(24)15-7-11-22(12-8-15)18(25)20-13-14-3-5-16(6-4-14)23-10-2-9-21-23/h2-6,9-10,15H,7-8,11-13H2,1H3,(H,19,24)(H,20,25). The number of nitrogens with one attached hydrogen (secondary N) is 2. The van der Waals surface area contributed by atoms with Crippen molar-refractivity contribution in [1.29, 1.82) is 0 Å². The molecule has 1 aromatic heterocycles. The number of rotatable bonds is 4. The summed E-state index contributed by atoms with van der Waals surface area (Å²) in [4.78, 5) is 25.7. The van der Waals surface area contributed by atoms with Gasteiger partial charge in [-0.3, -0.25) is 4.79 Å². The summed E-state index contributed by atoms with van der Waals surface area (Å²) in [7, 11) is 1.65. The molecule has 2 N–H and O–H groups in total. The van der Waals surface area contributed by atoms with Gasteiger partial charge in [-0.25, -0.2) is 9.48 Å². The lowest BCUT2D eigenvalue weighted by Crippen LogP contribution is -2.46. The van der Waals surface area contributed by atoms with Gasteiger partial charge in [0.15, 0.2) is 0 Å². The summed E-state index contributed by atoms with van der Waals surface area (Å²) in [6.07, 6.45) is 5.05. The zero-order valence-electron chi connectivity index (χ0n) is 14.3. The van der Waals surface area contributed by atoms with Gasteiger partial charge in [0, 0.05) is 45.0 Å².